The monoisotopic (exact) mass is 366 g/mol. The van der Waals surface area contributed by atoms with E-state index in [9.17, 15) is 5.11 Å². The second-order valence-corrected chi connectivity index (χ2v) is 7.06. The molecular weight excluding hydrogens is 344 g/mol. The number of hydrogen-bond donors (Lipinski definition) is 3. The lowest BCUT2D eigenvalue weighted by Crippen LogP contribution is -2.22. The maximum absolute atomic E-state index is 9.51. The molecule has 1 aliphatic rings. The van der Waals surface area contributed by atoms with E-state index in [0.717, 1.165) is 29.8 Å². The topological polar surface area (TPSA) is 111 Å². The number of nitrogens with two attached hydrogens (primary N) is 1. The molecule has 1 aliphatic carbocycles. The SMILES string of the molecule is [C-]#[N+]c1c(NCCc2ccn(C3(CO)CC3)n2)nc2c(C)c(C)nn2c1N. The third-order valence-corrected chi connectivity index (χ3v) is 5.28. The van der Waals surface area contributed by atoms with Crippen molar-refractivity contribution < 1.29 is 5.11 Å². The first kappa shape index (κ1) is 17.3. The van der Waals surface area contributed by atoms with Crippen LogP contribution in [-0.2, 0) is 12.0 Å². The van der Waals surface area contributed by atoms with Gasteiger partial charge in [0.05, 0.1) is 30.1 Å². The van der Waals surface area contributed by atoms with Crippen molar-refractivity contribution in [2.45, 2.75) is 38.6 Å². The van der Waals surface area contributed by atoms with Crippen molar-refractivity contribution in [1.82, 2.24) is 24.4 Å². The lowest BCUT2D eigenvalue weighted by Gasteiger charge is -2.12. The van der Waals surface area contributed by atoms with Crippen LogP contribution in [0.4, 0.5) is 17.3 Å². The molecule has 0 saturated heterocycles. The molecule has 3 heterocycles. The summed E-state index contributed by atoms with van der Waals surface area (Å²) in [7, 11) is 0. The van der Waals surface area contributed by atoms with Crippen LogP contribution in [0.25, 0.3) is 10.5 Å². The Kier molecular flexibility index (Phi) is 4.00. The highest BCUT2D eigenvalue weighted by atomic mass is 16.3. The summed E-state index contributed by atoms with van der Waals surface area (Å²) in [6.07, 6.45) is 4.52. The zero-order valence-electron chi connectivity index (χ0n) is 15.4. The Bertz CT molecular complexity index is 1050. The van der Waals surface area contributed by atoms with Gasteiger partial charge < -0.3 is 16.2 Å². The Hall–Kier alpha value is -3.12. The van der Waals surface area contributed by atoms with Crippen LogP contribution < -0.4 is 11.1 Å². The number of fused-ring (bicyclic) bond motifs is 1. The van der Waals surface area contributed by atoms with Crippen molar-refractivity contribution >= 4 is 23.0 Å². The first-order chi connectivity index (χ1) is 13.0. The number of anilines is 2. The molecule has 0 aromatic carbocycles. The van der Waals surface area contributed by atoms with Crippen LogP contribution in [0.1, 0.15) is 29.8 Å². The lowest BCUT2D eigenvalue weighted by atomic mass is 10.3. The van der Waals surface area contributed by atoms with Crippen LogP contribution in [0.5, 0.6) is 0 Å². The van der Waals surface area contributed by atoms with Crippen LogP contribution in [-0.4, -0.2) is 42.6 Å². The van der Waals surface area contributed by atoms with Crippen LogP contribution in [0, 0.1) is 20.4 Å². The minimum atomic E-state index is -0.193. The molecule has 1 fully saturated rings. The van der Waals surface area contributed by atoms with E-state index in [4.69, 9.17) is 12.3 Å². The molecule has 3 aromatic heterocycles. The summed E-state index contributed by atoms with van der Waals surface area (Å²) in [5.74, 6) is 0.753. The molecule has 9 heteroatoms. The molecule has 140 valence electrons. The lowest BCUT2D eigenvalue weighted by molar-refractivity contribution is 0.202. The molecule has 0 bridgehead atoms. The maximum Gasteiger partial charge on any atom is 0.268 e. The minimum absolute atomic E-state index is 0.119. The normalized spacial score (nSPS) is 15.0. The van der Waals surface area contributed by atoms with Crippen LogP contribution >= 0.6 is 0 Å². The van der Waals surface area contributed by atoms with Crippen molar-refractivity contribution in [3.63, 3.8) is 0 Å². The van der Waals surface area contributed by atoms with E-state index in [1.165, 1.54) is 4.52 Å². The number of aromatic nitrogens is 5. The summed E-state index contributed by atoms with van der Waals surface area (Å²) in [6.45, 7) is 12.0. The Morgan fingerprint density at radius 1 is 1.37 bits per heavy atom. The van der Waals surface area contributed by atoms with Gasteiger partial charge in [0.15, 0.2) is 5.65 Å². The first-order valence-corrected chi connectivity index (χ1v) is 8.92. The van der Waals surface area contributed by atoms with Crippen molar-refractivity contribution in [3.8, 4) is 0 Å². The van der Waals surface area contributed by atoms with Gasteiger partial charge in [-0.15, -0.1) is 0 Å². The average molecular weight is 366 g/mol. The molecule has 0 unspecified atom stereocenters. The van der Waals surface area contributed by atoms with E-state index in [2.05, 4.69) is 25.3 Å². The van der Waals surface area contributed by atoms with Crippen molar-refractivity contribution in [2.24, 2.45) is 0 Å². The van der Waals surface area contributed by atoms with E-state index >= 15 is 0 Å². The van der Waals surface area contributed by atoms with Crippen molar-refractivity contribution in [2.75, 3.05) is 24.2 Å². The second-order valence-electron chi connectivity index (χ2n) is 7.06. The molecule has 0 radical (unpaired) electrons. The third-order valence-electron chi connectivity index (χ3n) is 5.28. The maximum atomic E-state index is 9.51. The smallest absolute Gasteiger partial charge is 0.268 e. The molecule has 4 rings (SSSR count). The Morgan fingerprint density at radius 2 is 2.15 bits per heavy atom. The molecule has 27 heavy (non-hydrogen) atoms. The van der Waals surface area contributed by atoms with Gasteiger partial charge in [-0.05, 0) is 32.8 Å². The van der Waals surface area contributed by atoms with Gasteiger partial charge in [-0.2, -0.15) is 10.2 Å². The van der Waals surface area contributed by atoms with Gasteiger partial charge in [0, 0.05) is 24.7 Å². The molecule has 0 aliphatic heterocycles. The highest BCUT2D eigenvalue weighted by Gasteiger charge is 2.44. The number of rotatable bonds is 6. The number of nitrogens with one attached hydrogen (secondary N) is 1. The molecule has 0 spiro atoms. The zero-order chi connectivity index (χ0) is 19.2. The summed E-state index contributed by atoms with van der Waals surface area (Å²) in [5.41, 5.74) is 9.58. The molecule has 0 atom stereocenters. The van der Waals surface area contributed by atoms with Gasteiger partial charge in [0.1, 0.15) is 11.6 Å². The van der Waals surface area contributed by atoms with Crippen molar-refractivity contribution in [1.29, 1.82) is 0 Å². The fourth-order valence-electron chi connectivity index (χ4n) is 3.18. The molecule has 9 nitrogen and oxygen atoms in total. The molecular formula is C18H22N8O. The van der Waals surface area contributed by atoms with E-state index in [-0.39, 0.29) is 23.7 Å². The highest BCUT2D eigenvalue weighted by molar-refractivity contribution is 5.80. The quantitative estimate of drug-likeness (QED) is 0.574. The van der Waals surface area contributed by atoms with E-state index < -0.39 is 0 Å². The number of hydrogen-bond acceptors (Lipinski definition) is 6. The number of aliphatic hydroxyl groups is 1. The van der Waals surface area contributed by atoms with Gasteiger partial charge in [-0.1, -0.05) is 0 Å². The third kappa shape index (κ3) is 2.78. The fraction of sp³-hybridized carbons (Fsp3) is 0.444. The Labute approximate surface area is 156 Å². The number of nitrogens with zero attached hydrogens (tertiary/aromatic N) is 6. The standard InChI is InChI=1S/C18H22N8O/c1-11-12(2)23-26-15(19)14(20-3)16(22-17(11)26)21-8-4-13-5-9-25(24-13)18(10-27)6-7-18/h5,9,27H,4,6-8,10,19H2,1-2H3,(H,21,22). The van der Waals surface area contributed by atoms with Gasteiger partial charge >= 0.3 is 0 Å². The summed E-state index contributed by atoms with van der Waals surface area (Å²) < 4.78 is 3.39. The number of aliphatic hydroxyl groups excluding tert-OH is 1. The van der Waals surface area contributed by atoms with Crippen LogP contribution in [0.3, 0.4) is 0 Å². The first-order valence-electron chi connectivity index (χ1n) is 8.92. The van der Waals surface area contributed by atoms with Crippen molar-refractivity contribution in [3.05, 3.63) is 40.6 Å². The molecule has 0 amide bonds. The van der Waals surface area contributed by atoms with Crippen LogP contribution in [0.15, 0.2) is 12.3 Å². The van der Waals surface area contributed by atoms with Gasteiger partial charge in [-0.3, -0.25) is 4.68 Å². The zero-order valence-corrected chi connectivity index (χ0v) is 15.4. The molecule has 1 saturated carbocycles. The van der Waals surface area contributed by atoms with E-state index in [0.29, 0.717) is 24.4 Å². The Balaban J connectivity index is 1.52. The van der Waals surface area contributed by atoms with Crippen LogP contribution in [0.2, 0.25) is 0 Å². The van der Waals surface area contributed by atoms with E-state index in [1.807, 2.05) is 30.8 Å². The number of nitrogen functional groups attached to an aromatic ring is 1. The van der Waals surface area contributed by atoms with Gasteiger partial charge in [0.25, 0.3) is 5.69 Å². The largest absolute Gasteiger partial charge is 0.394 e. The highest BCUT2D eigenvalue weighted by Crippen LogP contribution is 2.42. The summed E-state index contributed by atoms with van der Waals surface area (Å²) >= 11 is 0. The summed E-state index contributed by atoms with van der Waals surface area (Å²) in [6, 6.07) is 1.96. The second kappa shape index (κ2) is 6.25. The summed E-state index contributed by atoms with van der Waals surface area (Å²) in [5, 5.41) is 21.7. The van der Waals surface area contributed by atoms with E-state index in [1.54, 1.807) is 0 Å². The summed E-state index contributed by atoms with van der Waals surface area (Å²) in [4.78, 5) is 8.10. The number of aryl methyl sites for hydroxylation is 2. The average Bonchev–Trinajstić information content (AvgIpc) is 3.23. The minimum Gasteiger partial charge on any atom is -0.394 e. The Morgan fingerprint density at radius 3 is 2.81 bits per heavy atom. The fourth-order valence-corrected chi connectivity index (χ4v) is 3.18. The van der Waals surface area contributed by atoms with Gasteiger partial charge in [0.2, 0.25) is 0 Å². The predicted molar refractivity (Wildman–Crippen MR) is 102 cm³/mol. The van der Waals surface area contributed by atoms with Gasteiger partial charge in [-0.25, -0.2) is 14.3 Å². The molecule has 3 aromatic rings. The molecule has 4 N–H and O–H groups in total. The predicted octanol–water partition coefficient (Wildman–Crippen LogP) is 1.81.